The van der Waals surface area contributed by atoms with Gasteiger partial charge >= 0.3 is 0 Å². The van der Waals surface area contributed by atoms with E-state index in [0.717, 1.165) is 49.8 Å². The van der Waals surface area contributed by atoms with Gasteiger partial charge in [0.2, 0.25) is 5.91 Å². The summed E-state index contributed by atoms with van der Waals surface area (Å²) in [6, 6.07) is 19.5. The third-order valence-corrected chi connectivity index (χ3v) is 7.48. The number of nitro benzene ring substituents is 1. The molecule has 1 N–H and O–H groups in total. The van der Waals surface area contributed by atoms with Gasteiger partial charge in [0.1, 0.15) is 6.54 Å². The minimum Gasteiger partial charge on any atom is -0.342 e. The molecule has 0 aliphatic carbocycles. The van der Waals surface area contributed by atoms with Crippen molar-refractivity contribution in [3.63, 3.8) is 0 Å². The fraction of sp³-hybridized carbons (Fsp3) is 0.138. The molecule has 2 heterocycles. The molecule has 3 amide bonds. The molecular formula is C29H24N4O5S. The SMILES string of the molecule is Cc1ccc(NC(=O)CN2C(=O)S/C(=C\c3cn(Cc4ccc([N+](=O)[O-])cc4)c4ccccc34)C2=O)cc1C. The van der Waals surface area contributed by atoms with Crippen molar-refractivity contribution in [2.24, 2.45) is 0 Å². The summed E-state index contributed by atoms with van der Waals surface area (Å²) < 4.78 is 1.99. The topological polar surface area (TPSA) is 115 Å². The lowest BCUT2D eigenvalue weighted by atomic mass is 10.1. The number of nitrogens with zero attached hydrogens (tertiary/aromatic N) is 3. The molecule has 3 aromatic carbocycles. The quantitative estimate of drug-likeness (QED) is 0.178. The predicted octanol–water partition coefficient (Wildman–Crippen LogP) is 5.89. The molecule has 5 rings (SSSR count). The van der Waals surface area contributed by atoms with E-state index in [2.05, 4.69) is 5.32 Å². The number of amides is 3. The number of hydrogen-bond acceptors (Lipinski definition) is 6. The van der Waals surface area contributed by atoms with Crippen LogP contribution in [-0.2, 0) is 16.1 Å². The largest absolute Gasteiger partial charge is 0.342 e. The van der Waals surface area contributed by atoms with Crippen molar-refractivity contribution in [1.29, 1.82) is 0 Å². The van der Waals surface area contributed by atoms with E-state index in [-0.39, 0.29) is 17.1 Å². The van der Waals surface area contributed by atoms with Gasteiger partial charge in [-0.1, -0.05) is 36.4 Å². The summed E-state index contributed by atoms with van der Waals surface area (Å²) in [6.07, 6.45) is 3.55. The molecule has 0 bridgehead atoms. The molecule has 1 aliphatic rings. The van der Waals surface area contributed by atoms with E-state index in [1.165, 1.54) is 12.1 Å². The standard InChI is InChI=1S/C29H24N4O5S/c1-18-7-10-22(13-19(18)2)30-27(34)17-32-28(35)26(39-29(32)36)14-21-16-31(25-6-4-3-5-24(21)25)15-20-8-11-23(12-9-20)33(37)38/h3-14,16H,15,17H2,1-2H3,(H,30,34)/b26-14-. The van der Waals surface area contributed by atoms with Crippen LogP contribution in [0.2, 0.25) is 0 Å². The minimum atomic E-state index is -0.521. The Hall–Kier alpha value is -4.70. The first-order valence-electron chi connectivity index (χ1n) is 12.1. The first-order valence-corrected chi connectivity index (χ1v) is 12.9. The summed E-state index contributed by atoms with van der Waals surface area (Å²) in [5, 5.41) is 14.1. The number of anilines is 1. The van der Waals surface area contributed by atoms with Crippen LogP contribution in [0, 0.1) is 24.0 Å². The predicted molar refractivity (Wildman–Crippen MR) is 151 cm³/mol. The molecule has 1 saturated heterocycles. The molecule has 0 unspecified atom stereocenters. The van der Waals surface area contributed by atoms with Crippen molar-refractivity contribution >= 4 is 57.2 Å². The first-order chi connectivity index (χ1) is 18.7. The summed E-state index contributed by atoms with van der Waals surface area (Å²) in [7, 11) is 0. The molecule has 196 valence electrons. The fourth-order valence-electron chi connectivity index (χ4n) is 4.38. The van der Waals surface area contributed by atoms with Crippen molar-refractivity contribution in [3.8, 4) is 0 Å². The number of para-hydroxylation sites is 1. The van der Waals surface area contributed by atoms with E-state index in [1.54, 1.807) is 24.3 Å². The molecular weight excluding hydrogens is 516 g/mol. The monoisotopic (exact) mass is 540 g/mol. The Bertz CT molecular complexity index is 1670. The number of rotatable bonds is 7. The highest BCUT2D eigenvalue weighted by Gasteiger charge is 2.36. The molecule has 0 spiro atoms. The second kappa shape index (κ2) is 10.6. The van der Waals surface area contributed by atoms with Gasteiger partial charge < -0.3 is 9.88 Å². The maximum absolute atomic E-state index is 13.1. The average Bonchev–Trinajstić information content (AvgIpc) is 3.38. The summed E-state index contributed by atoms with van der Waals surface area (Å²) in [5.74, 6) is -0.978. The summed E-state index contributed by atoms with van der Waals surface area (Å²) in [6.45, 7) is 4.00. The van der Waals surface area contributed by atoms with Crippen LogP contribution in [-0.4, -0.2) is 38.0 Å². The zero-order valence-electron chi connectivity index (χ0n) is 21.2. The molecule has 0 saturated carbocycles. The van der Waals surface area contributed by atoms with Crippen LogP contribution in [0.25, 0.3) is 17.0 Å². The van der Waals surface area contributed by atoms with Gasteiger partial charge in [0.15, 0.2) is 0 Å². The number of thioether (sulfide) groups is 1. The zero-order valence-corrected chi connectivity index (χ0v) is 22.0. The van der Waals surface area contributed by atoms with Crippen LogP contribution >= 0.6 is 11.8 Å². The van der Waals surface area contributed by atoms with Crippen LogP contribution in [0.15, 0.2) is 77.8 Å². The minimum absolute atomic E-state index is 0.0233. The van der Waals surface area contributed by atoms with Crippen molar-refractivity contribution in [2.45, 2.75) is 20.4 Å². The van der Waals surface area contributed by atoms with Gasteiger partial charge in [0.25, 0.3) is 16.8 Å². The van der Waals surface area contributed by atoms with Crippen LogP contribution in [0.3, 0.4) is 0 Å². The summed E-state index contributed by atoms with van der Waals surface area (Å²) in [4.78, 5) is 50.1. The number of aromatic nitrogens is 1. The Labute approximate surface area is 228 Å². The van der Waals surface area contributed by atoms with Gasteiger partial charge in [-0.05, 0) is 66.6 Å². The van der Waals surface area contributed by atoms with E-state index in [0.29, 0.717) is 12.2 Å². The van der Waals surface area contributed by atoms with Gasteiger partial charge in [-0.15, -0.1) is 0 Å². The average molecular weight is 541 g/mol. The van der Waals surface area contributed by atoms with Gasteiger partial charge in [0, 0.05) is 47.0 Å². The molecule has 0 radical (unpaired) electrons. The highest BCUT2D eigenvalue weighted by Crippen LogP contribution is 2.34. The van der Waals surface area contributed by atoms with Crippen molar-refractivity contribution in [3.05, 3.63) is 110 Å². The number of nitrogens with one attached hydrogen (secondary N) is 1. The molecule has 4 aromatic rings. The molecule has 1 fully saturated rings. The van der Waals surface area contributed by atoms with E-state index in [4.69, 9.17) is 0 Å². The Balaban J connectivity index is 1.35. The molecule has 1 aromatic heterocycles. The van der Waals surface area contributed by atoms with Crippen LogP contribution in [0.1, 0.15) is 22.3 Å². The third kappa shape index (κ3) is 5.46. The third-order valence-electron chi connectivity index (χ3n) is 6.57. The normalized spacial score (nSPS) is 14.4. The Morgan fingerprint density at radius 3 is 2.49 bits per heavy atom. The number of non-ortho nitro benzene ring substituents is 1. The van der Waals surface area contributed by atoms with Crippen LogP contribution in [0.4, 0.5) is 16.2 Å². The Kier molecular flexibility index (Phi) is 7.03. The van der Waals surface area contributed by atoms with E-state index in [9.17, 15) is 24.5 Å². The van der Waals surface area contributed by atoms with Crippen LogP contribution < -0.4 is 5.32 Å². The Morgan fingerprint density at radius 1 is 1.03 bits per heavy atom. The van der Waals surface area contributed by atoms with E-state index < -0.39 is 22.0 Å². The fourth-order valence-corrected chi connectivity index (χ4v) is 5.21. The van der Waals surface area contributed by atoms with Gasteiger partial charge in [-0.25, -0.2) is 0 Å². The number of fused-ring (bicyclic) bond motifs is 1. The summed E-state index contributed by atoms with van der Waals surface area (Å²) >= 11 is 0.801. The van der Waals surface area contributed by atoms with Gasteiger partial charge in [-0.2, -0.15) is 0 Å². The highest BCUT2D eigenvalue weighted by atomic mass is 32.2. The van der Waals surface area contributed by atoms with E-state index in [1.807, 2.05) is 61.0 Å². The number of hydrogen-bond donors (Lipinski definition) is 1. The second-order valence-corrected chi connectivity index (χ2v) is 10.3. The number of carbonyl (C=O) groups excluding carboxylic acids is 3. The lowest BCUT2D eigenvalue weighted by Crippen LogP contribution is -2.36. The molecule has 1 aliphatic heterocycles. The first kappa shape index (κ1) is 25.9. The van der Waals surface area contributed by atoms with E-state index >= 15 is 0 Å². The molecule has 10 heteroatoms. The number of aryl methyl sites for hydroxylation is 2. The van der Waals surface area contributed by atoms with Crippen molar-refractivity contribution in [1.82, 2.24) is 9.47 Å². The second-order valence-electron chi connectivity index (χ2n) is 9.27. The van der Waals surface area contributed by atoms with Crippen molar-refractivity contribution < 1.29 is 19.3 Å². The maximum atomic E-state index is 13.1. The maximum Gasteiger partial charge on any atom is 0.294 e. The lowest BCUT2D eigenvalue weighted by molar-refractivity contribution is -0.384. The zero-order chi connectivity index (χ0) is 27.7. The lowest BCUT2D eigenvalue weighted by Gasteiger charge is -2.13. The summed E-state index contributed by atoms with van der Waals surface area (Å²) in [5.41, 5.74) is 5.28. The van der Waals surface area contributed by atoms with Gasteiger partial charge in [-0.3, -0.25) is 29.4 Å². The molecule has 9 nitrogen and oxygen atoms in total. The number of carbonyl (C=O) groups is 3. The van der Waals surface area contributed by atoms with Crippen molar-refractivity contribution in [2.75, 3.05) is 11.9 Å². The van der Waals surface area contributed by atoms with Gasteiger partial charge in [0.05, 0.1) is 9.83 Å². The Morgan fingerprint density at radius 2 is 1.77 bits per heavy atom. The highest BCUT2D eigenvalue weighted by molar-refractivity contribution is 8.18. The molecule has 39 heavy (non-hydrogen) atoms. The number of imide groups is 1. The number of nitro groups is 1. The smallest absolute Gasteiger partial charge is 0.294 e. The van der Waals surface area contributed by atoms with Crippen LogP contribution in [0.5, 0.6) is 0 Å². The molecule has 0 atom stereocenters. The number of benzene rings is 3.